The molecule has 0 spiro atoms. The van der Waals surface area contributed by atoms with E-state index < -0.39 is 121 Å². The number of imide groups is 1. The molecule has 0 bridgehead atoms. The quantitative estimate of drug-likeness (QED) is 0.0256. The second-order valence-corrected chi connectivity index (χ2v) is 26.0. The number of hydrogen-bond acceptors (Lipinski definition) is 17. The summed E-state index contributed by atoms with van der Waals surface area (Å²) in [6.45, 7) is 18.8. The van der Waals surface area contributed by atoms with E-state index in [1.165, 1.54) is 43.2 Å². The van der Waals surface area contributed by atoms with Gasteiger partial charge in [-0.15, -0.1) is 0 Å². The molecule has 1 aromatic rings. The third-order valence-electron chi connectivity index (χ3n) is 17.9. The van der Waals surface area contributed by atoms with Crippen LogP contribution in [0, 0.1) is 35.5 Å². The number of allylic oxidation sites excluding steroid dienone is 2. The first-order chi connectivity index (χ1) is 44.5. The molecule has 0 saturated carbocycles. The van der Waals surface area contributed by atoms with Crippen LogP contribution in [0.1, 0.15) is 145 Å². The number of nitrogens with two attached hydrogens (primary N) is 1. The minimum atomic E-state index is -1.30. The van der Waals surface area contributed by atoms with E-state index in [1.54, 1.807) is 92.8 Å². The van der Waals surface area contributed by atoms with E-state index in [0.29, 0.717) is 62.8 Å². The fourth-order valence-corrected chi connectivity index (χ4v) is 12.1. The number of amides is 11. The van der Waals surface area contributed by atoms with Gasteiger partial charge in [-0.2, -0.15) is 0 Å². The molecule has 94 heavy (non-hydrogen) atoms. The summed E-state index contributed by atoms with van der Waals surface area (Å²) in [5.41, 5.74) is 6.33. The molecule has 3 aliphatic rings. The molecule has 0 aromatic heterocycles. The van der Waals surface area contributed by atoms with Crippen molar-refractivity contribution in [3.05, 3.63) is 72.0 Å². The van der Waals surface area contributed by atoms with Crippen LogP contribution in [0.5, 0.6) is 0 Å². The van der Waals surface area contributed by atoms with Gasteiger partial charge < -0.3 is 67.0 Å². The smallest absolute Gasteiger partial charge is 0.410 e. The van der Waals surface area contributed by atoms with E-state index >= 15 is 0 Å². The summed E-state index contributed by atoms with van der Waals surface area (Å²) in [7, 11) is 6.09. The molecule has 1 aromatic carbocycles. The van der Waals surface area contributed by atoms with Crippen LogP contribution in [0.2, 0.25) is 0 Å². The van der Waals surface area contributed by atoms with Crippen LogP contribution in [0.15, 0.2) is 66.4 Å². The summed E-state index contributed by atoms with van der Waals surface area (Å²) in [6.07, 6.45) is 7.22. The first-order valence-electron chi connectivity index (χ1n) is 33.1. The lowest BCUT2D eigenvalue weighted by atomic mass is 9.93. The van der Waals surface area contributed by atoms with Crippen LogP contribution in [0.3, 0.4) is 0 Å². The first kappa shape index (κ1) is 79.1. The van der Waals surface area contributed by atoms with Gasteiger partial charge in [0.05, 0.1) is 36.8 Å². The van der Waals surface area contributed by atoms with Crippen molar-refractivity contribution in [2.45, 2.75) is 201 Å². The molecule has 11 N–H and O–H groups in total. The number of nitrogens with one attached hydrogen (secondary N) is 7. The highest BCUT2D eigenvalue weighted by Crippen LogP contribution is 2.30. The number of carbonyl (C=O) groups is 10. The van der Waals surface area contributed by atoms with Crippen molar-refractivity contribution in [2.75, 3.05) is 54.6 Å². The summed E-state index contributed by atoms with van der Waals surface area (Å²) in [5, 5.41) is 42.9. The normalized spacial score (nSPS) is 19.6. The number of urea groups is 1. The van der Waals surface area contributed by atoms with Crippen LogP contribution >= 0.6 is 0 Å². The van der Waals surface area contributed by atoms with Crippen molar-refractivity contribution >= 4 is 59.4 Å². The molecule has 11 amide bonds. The zero-order chi connectivity index (χ0) is 70.1. The molecule has 14 atom stereocenters. The number of likely N-dealkylation sites (tertiary alicyclic amines) is 1. The topological polar surface area (TPSA) is 362 Å². The number of hydrogen-bond donors (Lipinski definition) is 10. The number of likely N-dealkylation sites (N-methyl/N-ethyl adjacent to an activating group) is 2. The number of unbranched alkanes of at least 4 members (excludes halogenated alkanes) is 2. The molecule has 2 heterocycles. The number of nitrogens with zero attached hydrogens (tertiary/aromatic N) is 4. The van der Waals surface area contributed by atoms with Crippen LogP contribution < -0.4 is 43.0 Å². The van der Waals surface area contributed by atoms with Crippen molar-refractivity contribution in [1.29, 1.82) is 0 Å². The summed E-state index contributed by atoms with van der Waals surface area (Å²) in [4.78, 5) is 138. The molecule has 4 unspecified atom stereocenters. The van der Waals surface area contributed by atoms with Crippen LogP contribution in [0.4, 0.5) is 9.59 Å². The molecule has 0 radical (unpaired) electrons. The van der Waals surface area contributed by atoms with E-state index in [1.807, 2.05) is 36.9 Å². The van der Waals surface area contributed by atoms with Gasteiger partial charge in [0, 0.05) is 84.2 Å². The molecule has 526 valence electrons. The molecule has 1 aliphatic carbocycles. The SMILES string of the molecule is CC[C@H](C)C([C@@H](NC(O)N1CCC[C@H]1[C@H](OC)[C@@H](C)C(=O)N[C@H](C)[C@@H](O)c1ccccc1)OC)N(C)C(=O)[C@@H](NC(=O)[C@H](C(C)C)N(C)C(=O)OCC1C=CC(NC(=O)C(CCCNC(N)=O)NC(=O)[C@@H](NC(=O)CCCCCN2C(=O)C=CC2=O)C(C)C)=CC1)C(C)C. The first-order valence-corrected chi connectivity index (χ1v) is 33.1. The minimum absolute atomic E-state index is 0.0866. The van der Waals surface area contributed by atoms with Crippen LogP contribution in [0.25, 0.3) is 0 Å². The summed E-state index contributed by atoms with van der Waals surface area (Å²) >= 11 is 0. The number of aliphatic hydroxyl groups excluding tert-OH is 2. The lowest BCUT2D eigenvalue weighted by Crippen LogP contribution is -2.64. The van der Waals surface area contributed by atoms with E-state index in [4.69, 9.17) is 19.9 Å². The third kappa shape index (κ3) is 23.3. The average molecular weight is 1320 g/mol. The Morgan fingerprint density at radius 1 is 0.745 bits per heavy atom. The highest BCUT2D eigenvalue weighted by atomic mass is 16.6. The Bertz CT molecular complexity index is 2770. The van der Waals surface area contributed by atoms with Crippen molar-refractivity contribution in [3.8, 4) is 0 Å². The fraction of sp³-hybridized carbons (Fsp3) is 0.672. The van der Waals surface area contributed by atoms with Gasteiger partial charge in [-0.25, -0.2) is 9.59 Å². The molecule has 4 rings (SSSR count). The van der Waals surface area contributed by atoms with Gasteiger partial charge in [-0.1, -0.05) is 118 Å². The van der Waals surface area contributed by atoms with Gasteiger partial charge in [-0.05, 0) is 87.2 Å². The van der Waals surface area contributed by atoms with Crippen molar-refractivity contribution in [2.24, 2.45) is 41.2 Å². The Kier molecular flexibility index (Phi) is 32.8. The predicted molar refractivity (Wildman–Crippen MR) is 352 cm³/mol. The van der Waals surface area contributed by atoms with E-state index in [-0.39, 0.29) is 80.3 Å². The molecule has 27 nitrogen and oxygen atoms in total. The number of rotatable bonds is 39. The van der Waals surface area contributed by atoms with Gasteiger partial charge in [-0.3, -0.25) is 58.4 Å². The number of benzene rings is 1. The van der Waals surface area contributed by atoms with Crippen molar-refractivity contribution in [3.63, 3.8) is 0 Å². The molecule has 27 heteroatoms. The molecular weight excluding hydrogens is 1210 g/mol. The highest BCUT2D eigenvalue weighted by Gasteiger charge is 2.44. The maximum atomic E-state index is 14.8. The summed E-state index contributed by atoms with van der Waals surface area (Å²) in [5.74, 6) is -6.02. The van der Waals surface area contributed by atoms with Gasteiger partial charge in [0.1, 0.15) is 30.4 Å². The number of carbonyl (C=O) groups excluding carboxylic acids is 10. The lowest BCUT2D eigenvalue weighted by Gasteiger charge is -2.43. The average Bonchev–Trinajstić information content (AvgIpc) is 1.33. The number of primary amides is 1. The summed E-state index contributed by atoms with van der Waals surface area (Å²) < 4.78 is 17.8. The van der Waals surface area contributed by atoms with Gasteiger partial charge >= 0.3 is 12.1 Å². The van der Waals surface area contributed by atoms with Crippen LogP contribution in [-0.4, -0.2) is 205 Å². The summed E-state index contributed by atoms with van der Waals surface area (Å²) in [6, 6.07) is 2.44. The van der Waals surface area contributed by atoms with Gasteiger partial charge in [0.15, 0.2) is 6.35 Å². The second kappa shape index (κ2) is 38.9. The lowest BCUT2D eigenvalue weighted by molar-refractivity contribution is -0.150. The largest absolute Gasteiger partial charge is 0.449 e. The molecular formula is C67H108N12O15. The van der Waals surface area contributed by atoms with E-state index in [2.05, 4.69) is 37.2 Å². The standard InChI is InChI=1S/C67H108N12O15/c1-15-42(8)56(63(93-14)75-66(90)78-37-23-27-49(78)58(92-13)43(9)59(84)70-44(10)57(83)46-24-18-16-19-25-46)76(11)64(88)54(40(4)5)74-62(87)55(41(6)7)77(12)67(91)94-38-45-29-31-47(32-30-45)71-60(85)48(26-22-35-69-65(68)89)72-61(86)53(39(2)3)73-50(80)28-20-17-21-36-79-51(81)33-34-52(79)82/h16,18-19,24-25,29,31-34,39-45,48-49,53-58,63,66,75,83,90H,15,17,20-23,26-28,30,35-38H2,1-14H3,(H,70,84)(H,71,85)(H,72,86)(H,73,80)(H,74,87)(H3,68,69,89)/t42-,43+,44+,45?,48?,49-,53-,54-,55-,56?,57+,58+,63-,66?/m0/s1. The fourth-order valence-electron chi connectivity index (χ4n) is 12.1. The maximum absolute atomic E-state index is 14.8. The zero-order valence-corrected chi connectivity index (χ0v) is 57.6. The van der Waals surface area contributed by atoms with E-state index in [9.17, 15) is 58.2 Å². The number of methoxy groups -OCH3 is 2. The Hall–Kier alpha value is -7.30. The van der Waals surface area contributed by atoms with Crippen LogP contribution in [-0.2, 0) is 52.6 Å². The Labute approximate surface area is 554 Å². The number of ether oxygens (including phenoxy) is 3. The highest BCUT2D eigenvalue weighted by molar-refractivity contribution is 6.12. The van der Waals surface area contributed by atoms with Crippen molar-refractivity contribution in [1.82, 2.24) is 56.8 Å². The zero-order valence-electron chi connectivity index (χ0n) is 57.6. The second-order valence-electron chi connectivity index (χ2n) is 26.0. The molecule has 1 saturated heterocycles. The molecule has 2 aliphatic heterocycles. The van der Waals surface area contributed by atoms with E-state index in [0.717, 1.165) is 4.90 Å². The minimum Gasteiger partial charge on any atom is -0.449 e. The monoisotopic (exact) mass is 1320 g/mol. The maximum Gasteiger partial charge on any atom is 0.410 e. The Morgan fingerprint density at radius 2 is 1.40 bits per heavy atom. The van der Waals surface area contributed by atoms with Crippen molar-refractivity contribution < 1.29 is 72.4 Å². The predicted octanol–water partition coefficient (Wildman–Crippen LogP) is 3.42. The third-order valence-corrected chi connectivity index (χ3v) is 17.9. The molecule has 1 fully saturated rings. The van der Waals surface area contributed by atoms with Gasteiger partial charge in [0.25, 0.3) is 11.8 Å². The Balaban J connectivity index is 1.35. The Morgan fingerprint density at radius 3 is 1.98 bits per heavy atom. The van der Waals surface area contributed by atoms with Gasteiger partial charge in [0.2, 0.25) is 35.4 Å². The number of aliphatic hydroxyl groups is 2.